The predicted octanol–water partition coefficient (Wildman–Crippen LogP) is 7.52. The highest BCUT2D eigenvalue weighted by Crippen LogP contribution is 2.26. The summed E-state index contributed by atoms with van der Waals surface area (Å²) in [5, 5.41) is 12.2. The van der Waals surface area contributed by atoms with Crippen molar-refractivity contribution < 1.29 is 0 Å². The summed E-state index contributed by atoms with van der Waals surface area (Å²) in [5.41, 5.74) is 8.83. The Labute approximate surface area is 240 Å². The number of piperidine rings is 1. The van der Waals surface area contributed by atoms with Gasteiger partial charge in [0, 0.05) is 43.2 Å². The van der Waals surface area contributed by atoms with E-state index >= 15 is 0 Å². The van der Waals surface area contributed by atoms with Gasteiger partial charge >= 0.3 is 0 Å². The van der Waals surface area contributed by atoms with Crippen LogP contribution in [0.1, 0.15) is 68.3 Å². The van der Waals surface area contributed by atoms with E-state index in [1.165, 1.54) is 37.7 Å². The maximum atomic E-state index is 8.90. The fourth-order valence-electron chi connectivity index (χ4n) is 5.37. The molecule has 2 N–H and O–H groups in total. The Bertz CT molecular complexity index is 1310. The predicted molar refractivity (Wildman–Crippen MR) is 169 cm³/mol. The summed E-state index contributed by atoms with van der Waals surface area (Å²) in [5.74, 6) is 0. The number of allylic oxidation sites excluding steroid dienone is 1. The summed E-state index contributed by atoms with van der Waals surface area (Å²) >= 11 is 0. The summed E-state index contributed by atoms with van der Waals surface area (Å²) in [4.78, 5) is 13.9. The maximum Gasteiger partial charge on any atom is 0.0858 e. The number of benzene rings is 1. The second-order valence-electron chi connectivity index (χ2n) is 10.5. The number of nitrogens with zero attached hydrogens (tertiary/aromatic N) is 4. The number of aryl methyl sites for hydroxylation is 1. The standard InChI is InChI=1S/C32H38N6.C2H6/c1-23-9-10-27(28-17-26(19-34-20-28)22-37-13-5-4-6-14-37)18-30(23)32(33)24(2)36-29-11-12-31(35-21-29)25(3)38-15-7-8-16-38;1-2/h9-12,17-21,33,36H,2-8,13-16,22H2,1H3;1-2H3. The van der Waals surface area contributed by atoms with Gasteiger partial charge in [0.15, 0.2) is 0 Å². The van der Waals surface area contributed by atoms with Crippen LogP contribution < -0.4 is 5.32 Å². The summed E-state index contributed by atoms with van der Waals surface area (Å²) < 4.78 is 0. The highest BCUT2D eigenvalue weighted by molar-refractivity contribution is 6.13. The third-order valence-corrected chi connectivity index (χ3v) is 7.63. The molecule has 0 aliphatic carbocycles. The van der Waals surface area contributed by atoms with E-state index in [0.29, 0.717) is 11.4 Å². The molecule has 210 valence electrons. The van der Waals surface area contributed by atoms with Crippen molar-refractivity contribution in [1.29, 1.82) is 5.41 Å². The molecule has 5 rings (SSSR count). The zero-order chi connectivity index (χ0) is 28.5. The molecule has 6 heteroatoms. The highest BCUT2D eigenvalue weighted by atomic mass is 15.2. The van der Waals surface area contributed by atoms with Gasteiger partial charge in [-0.15, -0.1) is 0 Å². The third kappa shape index (κ3) is 7.24. The minimum absolute atomic E-state index is 0.368. The zero-order valence-electron chi connectivity index (χ0n) is 24.5. The fraction of sp³-hybridized carbons (Fsp3) is 0.382. The number of likely N-dealkylation sites (tertiary alicyclic amines) is 2. The molecule has 0 unspecified atom stereocenters. The van der Waals surface area contributed by atoms with E-state index in [4.69, 9.17) is 5.41 Å². The number of hydrogen-bond donors (Lipinski definition) is 2. The van der Waals surface area contributed by atoms with Crippen LogP contribution in [0.15, 0.2) is 73.8 Å². The SMILES string of the molecule is C=C(Nc1ccc(C(=C)N2CCCC2)nc1)C(=N)c1cc(-c2cncc(CN3CCCCC3)c2)ccc1C.CC. The second kappa shape index (κ2) is 14.0. The topological polar surface area (TPSA) is 68.1 Å². The van der Waals surface area contributed by atoms with Crippen LogP contribution in [0.5, 0.6) is 0 Å². The van der Waals surface area contributed by atoms with Crippen LogP contribution in [0.3, 0.4) is 0 Å². The molecule has 3 aromatic rings. The number of nitrogens with one attached hydrogen (secondary N) is 2. The molecular formula is C34H44N6. The molecule has 0 bridgehead atoms. The Morgan fingerprint density at radius 3 is 2.30 bits per heavy atom. The normalized spacial score (nSPS) is 15.2. The van der Waals surface area contributed by atoms with Crippen molar-refractivity contribution in [3.63, 3.8) is 0 Å². The van der Waals surface area contributed by atoms with Crippen molar-refractivity contribution in [2.24, 2.45) is 0 Å². The molecule has 0 saturated carbocycles. The maximum absolute atomic E-state index is 8.90. The summed E-state index contributed by atoms with van der Waals surface area (Å²) in [6.45, 7) is 19.8. The van der Waals surface area contributed by atoms with Gasteiger partial charge in [-0.05, 0) is 86.7 Å². The van der Waals surface area contributed by atoms with Crippen LogP contribution in [-0.4, -0.2) is 51.7 Å². The van der Waals surface area contributed by atoms with E-state index in [9.17, 15) is 0 Å². The molecule has 6 nitrogen and oxygen atoms in total. The van der Waals surface area contributed by atoms with Gasteiger partial charge in [0.05, 0.1) is 34.7 Å². The Morgan fingerprint density at radius 1 is 0.875 bits per heavy atom. The third-order valence-electron chi connectivity index (χ3n) is 7.63. The second-order valence-corrected chi connectivity index (χ2v) is 10.5. The van der Waals surface area contributed by atoms with Crippen molar-refractivity contribution in [3.8, 4) is 11.1 Å². The molecule has 2 aliphatic rings. The zero-order valence-corrected chi connectivity index (χ0v) is 24.5. The van der Waals surface area contributed by atoms with Crippen LogP contribution in [0.2, 0.25) is 0 Å². The Kier molecular flexibility index (Phi) is 10.3. The molecular weight excluding hydrogens is 492 g/mol. The first-order chi connectivity index (χ1) is 19.5. The van der Waals surface area contributed by atoms with Crippen LogP contribution in [0.4, 0.5) is 5.69 Å². The fourth-order valence-corrected chi connectivity index (χ4v) is 5.37. The molecule has 2 aliphatic heterocycles. The van der Waals surface area contributed by atoms with E-state index in [2.05, 4.69) is 62.5 Å². The first-order valence-electron chi connectivity index (χ1n) is 14.7. The van der Waals surface area contributed by atoms with Crippen molar-refractivity contribution in [3.05, 3.63) is 96.2 Å². The van der Waals surface area contributed by atoms with Gasteiger partial charge in [0.2, 0.25) is 0 Å². The van der Waals surface area contributed by atoms with Gasteiger partial charge in [-0.1, -0.05) is 45.6 Å². The van der Waals surface area contributed by atoms with Gasteiger partial charge in [0.1, 0.15) is 0 Å². The molecule has 0 atom stereocenters. The van der Waals surface area contributed by atoms with Crippen LogP contribution in [-0.2, 0) is 6.54 Å². The minimum atomic E-state index is 0.368. The number of pyridine rings is 2. The summed E-state index contributed by atoms with van der Waals surface area (Å²) in [6.07, 6.45) is 12.0. The lowest BCUT2D eigenvalue weighted by molar-refractivity contribution is 0.220. The van der Waals surface area contributed by atoms with Gasteiger partial charge in [-0.2, -0.15) is 0 Å². The Morgan fingerprint density at radius 2 is 1.60 bits per heavy atom. The smallest absolute Gasteiger partial charge is 0.0858 e. The average molecular weight is 537 g/mol. The Balaban J connectivity index is 0.00000181. The number of hydrogen-bond acceptors (Lipinski definition) is 6. The molecule has 0 spiro atoms. The lowest BCUT2D eigenvalue weighted by atomic mass is 9.96. The summed E-state index contributed by atoms with van der Waals surface area (Å²) in [7, 11) is 0. The molecule has 0 radical (unpaired) electrons. The lowest BCUT2D eigenvalue weighted by Crippen LogP contribution is -2.29. The van der Waals surface area contributed by atoms with E-state index in [-0.39, 0.29) is 0 Å². The van der Waals surface area contributed by atoms with Gasteiger partial charge in [0.25, 0.3) is 0 Å². The quantitative estimate of drug-likeness (QED) is 0.277. The first kappa shape index (κ1) is 29.2. The van der Waals surface area contributed by atoms with Gasteiger partial charge in [-0.3, -0.25) is 20.3 Å². The van der Waals surface area contributed by atoms with Crippen LogP contribution >= 0.6 is 0 Å². The average Bonchev–Trinajstić information content (AvgIpc) is 3.54. The molecule has 40 heavy (non-hydrogen) atoms. The Hall–Kier alpha value is -3.77. The number of rotatable bonds is 9. The van der Waals surface area contributed by atoms with E-state index < -0.39 is 0 Å². The van der Waals surface area contributed by atoms with Gasteiger partial charge < -0.3 is 10.2 Å². The molecule has 2 fully saturated rings. The van der Waals surface area contributed by atoms with Crippen molar-refractivity contribution in [1.82, 2.24) is 19.8 Å². The monoisotopic (exact) mass is 536 g/mol. The molecule has 0 amide bonds. The highest BCUT2D eigenvalue weighted by Gasteiger charge is 2.16. The van der Waals surface area contributed by atoms with E-state index in [1.807, 2.05) is 45.3 Å². The minimum Gasteiger partial charge on any atom is -0.370 e. The molecule has 4 heterocycles. The van der Waals surface area contributed by atoms with E-state index in [1.54, 1.807) is 6.20 Å². The molecule has 1 aromatic carbocycles. The molecule has 2 aromatic heterocycles. The largest absolute Gasteiger partial charge is 0.370 e. The van der Waals surface area contributed by atoms with Crippen molar-refractivity contribution in [2.75, 3.05) is 31.5 Å². The van der Waals surface area contributed by atoms with Gasteiger partial charge in [-0.25, -0.2) is 0 Å². The van der Waals surface area contributed by atoms with Crippen molar-refractivity contribution >= 4 is 17.1 Å². The number of anilines is 1. The summed E-state index contributed by atoms with van der Waals surface area (Å²) in [6, 6.07) is 12.5. The van der Waals surface area contributed by atoms with Crippen molar-refractivity contribution in [2.45, 2.75) is 59.4 Å². The first-order valence-corrected chi connectivity index (χ1v) is 14.7. The lowest BCUT2D eigenvalue weighted by Gasteiger charge is -2.26. The van der Waals surface area contributed by atoms with Crippen LogP contribution in [0.25, 0.3) is 16.8 Å². The molecule has 2 saturated heterocycles. The number of aromatic nitrogens is 2. The van der Waals surface area contributed by atoms with E-state index in [0.717, 1.165) is 72.1 Å². The van der Waals surface area contributed by atoms with Crippen LogP contribution in [0, 0.1) is 12.3 Å².